The average Bonchev–Trinajstić information content (AvgIpc) is 3.20. The monoisotopic (exact) mass is 431 g/mol. The number of likely N-dealkylation sites (tertiary alicyclic amines) is 1. The van der Waals surface area contributed by atoms with E-state index in [1.165, 1.54) is 31.0 Å². The Morgan fingerprint density at radius 2 is 1.93 bits per heavy atom. The zero-order chi connectivity index (χ0) is 20.8. The number of nitrogens with zero attached hydrogens (tertiary/aromatic N) is 2. The van der Waals surface area contributed by atoms with Gasteiger partial charge in [0.1, 0.15) is 0 Å². The van der Waals surface area contributed by atoms with Crippen LogP contribution < -0.4 is 5.32 Å². The highest BCUT2D eigenvalue weighted by molar-refractivity contribution is 7.99. The van der Waals surface area contributed by atoms with Gasteiger partial charge in [-0.2, -0.15) is 0 Å². The van der Waals surface area contributed by atoms with Crippen LogP contribution in [0.2, 0.25) is 0 Å². The molecule has 1 aromatic heterocycles. The normalized spacial score (nSPS) is 24.1. The third kappa shape index (κ3) is 5.55. The Morgan fingerprint density at radius 3 is 2.67 bits per heavy atom. The zero-order valence-electron chi connectivity index (χ0n) is 17.7. The first-order chi connectivity index (χ1) is 14.6. The van der Waals surface area contributed by atoms with Gasteiger partial charge in [0.15, 0.2) is 0 Å². The first-order valence-corrected chi connectivity index (χ1v) is 12.4. The van der Waals surface area contributed by atoms with E-state index >= 15 is 0 Å². The number of pyridine rings is 1. The van der Waals surface area contributed by atoms with Gasteiger partial charge in [-0.3, -0.25) is 9.59 Å². The van der Waals surface area contributed by atoms with Crippen molar-refractivity contribution in [3.63, 3.8) is 0 Å². The topological polar surface area (TPSA) is 71.5 Å². The van der Waals surface area contributed by atoms with E-state index in [2.05, 4.69) is 10.3 Å². The van der Waals surface area contributed by atoms with Gasteiger partial charge in [0.2, 0.25) is 11.8 Å². The number of nitrogens with one attached hydrogen (secondary N) is 1. The quantitative estimate of drug-likeness (QED) is 0.699. The highest BCUT2D eigenvalue weighted by atomic mass is 32.2. The van der Waals surface area contributed by atoms with Crippen molar-refractivity contribution in [2.45, 2.75) is 74.5 Å². The van der Waals surface area contributed by atoms with Crippen molar-refractivity contribution in [1.82, 2.24) is 15.2 Å². The maximum absolute atomic E-state index is 12.6. The summed E-state index contributed by atoms with van der Waals surface area (Å²) in [6.45, 7) is 2.13. The summed E-state index contributed by atoms with van der Waals surface area (Å²) in [6, 6.07) is 5.75. The van der Waals surface area contributed by atoms with Gasteiger partial charge in [0.05, 0.1) is 22.5 Å². The van der Waals surface area contributed by atoms with E-state index in [1.54, 1.807) is 6.20 Å². The lowest BCUT2D eigenvalue weighted by atomic mass is 9.88. The van der Waals surface area contributed by atoms with Crippen molar-refractivity contribution in [2.24, 2.45) is 5.92 Å². The number of thioether (sulfide) groups is 1. The van der Waals surface area contributed by atoms with Gasteiger partial charge in [-0.25, -0.2) is 4.98 Å². The molecule has 1 spiro atoms. The van der Waals surface area contributed by atoms with Crippen LogP contribution in [0.4, 0.5) is 0 Å². The van der Waals surface area contributed by atoms with Crippen LogP contribution in [0.5, 0.6) is 0 Å². The second-order valence-corrected chi connectivity index (χ2v) is 9.87. The molecule has 2 amide bonds. The number of carbonyl (C=O) groups is 2. The fraction of sp³-hybridized carbons (Fsp3) is 0.696. The number of piperidine rings is 1. The molecule has 0 radical (unpaired) electrons. The molecule has 3 heterocycles. The Kier molecular flexibility index (Phi) is 7.31. The van der Waals surface area contributed by atoms with E-state index in [0.717, 1.165) is 56.6 Å². The largest absolute Gasteiger partial charge is 0.370 e. The maximum atomic E-state index is 12.6. The second-order valence-electron chi connectivity index (χ2n) is 8.88. The molecule has 3 fully saturated rings. The summed E-state index contributed by atoms with van der Waals surface area (Å²) < 4.78 is 6.42. The SMILES string of the molecule is O=C(NCC1CCC2(CCN(C(=O)CSc3ccccn3)CC2)O1)C1CCCCC1. The Hall–Kier alpha value is -1.60. The van der Waals surface area contributed by atoms with Crippen molar-refractivity contribution in [3.8, 4) is 0 Å². The Morgan fingerprint density at radius 1 is 1.13 bits per heavy atom. The van der Waals surface area contributed by atoms with Crippen LogP contribution in [0.25, 0.3) is 0 Å². The summed E-state index contributed by atoms with van der Waals surface area (Å²) in [7, 11) is 0. The van der Waals surface area contributed by atoms with Crippen LogP contribution in [-0.4, -0.2) is 58.8 Å². The van der Waals surface area contributed by atoms with Gasteiger partial charge in [0, 0.05) is 31.7 Å². The third-order valence-corrected chi connectivity index (χ3v) is 7.76. The van der Waals surface area contributed by atoms with Crippen LogP contribution in [0, 0.1) is 5.92 Å². The molecule has 2 aliphatic heterocycles. The predicted molar refractivity (Wildman–Crippen MR) is 117 cm³/mol. The molecular weight excluding hydrogens is 398 g/mol. The first kappa shape index (κ1) is 21.6. The molecule has 164 valence electrons. The van der Waals surface area contributed by atoms with Crippen molar-refractivity contribution in [1.29, 1.82) is 0 Å². The lowest BCUT2D eigenvalue weighted by molar-refractivity contribution is -0.135. The first-order valence-electron chi connectivity index (χ1n) is 11.4. The predicted octanol–water partition coefficient (Wildman–Crippen LogP) is 3.41. The summed E-state index contributed by atoms with van der Waals surface area (Å²) in [6.07, 6.45) is 11.3. The molecule has 1 saturated carbocycles. The molecule has 0 aromatic carbocycles. The Labute approximate surface area is 183 Å². The minimum absolute atomic E-state index is 0.106. The standard InChI is InChI=1S/C23H33N3O3S/c27-21(17-30-20-8-4-5-13-24-20)26-14-11-23(12-15-26)10-9-19(29-23)16-25-22(28)18-6-2-1-3-7-18/h4-5,8,13,18-19H,1-3,6-7,9-12,14-17H2,(H,25,28). The highest BCUT2D eigenvalue weighted by Gasteiger charge is 2.43. The molecule has 1 unspecified atom stereocenters. The van der Waals surface area contributed by atoms with Crippen LogP contribution in [0.3, 0.4) is 0 Å². The number of hydrogen-bond acceptors (Lipinski definition) is 5. The van der Waals surface area contributed by atoms with Gasteiger partial charge in [0.25, 0.3) is 0 Å². The molecule has 3 aliphatic rings. The number of rotatable bonds is 6. The van der Waals surface area contributed by atoms with Gasteiger partial charge >= 0.3 is 0 Å². The summed E-state index contributed by atoms with van der Waals surface area (Å²) in [5, 5.41) is 4.02. The van der Waals surface area contributed by atoms with Crippen molar-refractivity contribution in [3.05, 3.63) is 24.4 Å². The molecule has 1 atom stereocenters. The van der Waals surface area contributed by atoms with Gasteiger partial charge in [-0.15, -0.1) is 0 Å². The molecule has 0 bridgehead atoms. The van der Waals surface area contributed by atoms with Crippen molar-refractivity contribution >= 4 is 23.6 Å². The van der Waals surface area contributed by atoms with E-state index < -0.39 is 0 Å². The number of aromatic nitrogens is 1. The molecular formula is C23H33N3O3S. The lowest BCUT2D eigenvalue weighted by Gasteiger charge is -2.39. The van der Waals surface area contributed by atoms with Crippen molar-refractivity contribution in [2.75, 3.05) is 25.4 Å². The summed E-state index contributed by atoms with van der Waals surface area (Å²) in [5.41, 5.74) is -0.106. The maximum Gasteiger partial charge on any atom is 0.232 e. The molecule has 6 nitrogen and oxygen atoms in total. The number of hydrogen-bond donors (Lipinski definition) is 1. The van der Waals surface area contributed by atoms with Crippen LogP contribution in [0.15, 0.2) is 29.4 Å². The number of amides is 2. The summed E-state index contributed by atoms with van der Waals surface area (Å²) >= 11 is 1.49. The fourth-order valence-electron chi connectivity index (χ4n) is 4.95. The van der Waals surface area contributed by atoms with Crippen molar-refractivity contribution < 1.29 is 14.3 Å². The highest BCUT2D eigenvalue weighted by Crippen LogP contribution is 2.39. The second kappa shape index (κ2) is 10.1. The molecule has 30 heavy (non-hydrogen) atoms. The van der Waals surface area contributed by atoms with Crippen LogP contribution >= 0.6 is 11.8 Å². The third-order valence-electron chi connectivity index (χ3n) is 6.83. The average molecular weight is 432 g/mol. The minimum atomic E-state index is -0.106. The lowest BCUT2D eigenvalue weighted by Crippen LogP contribution is -2.47. The van der Waals surface area contributed by atoms with Gasteiger partial charge in [-0.1, -0.05) is 37.1 Å². The smallest absolute Gasteiger partial charge is 0.232 e. The minimum Gasteiger partial charge on any atom is -0.370 e. The van der Waals surface area contributed by atoms with Crippen LogP contribution in [-0.2, 0) is 14.3 Å². The van der Waals surface area contributed by atoms with Gasteiger partial charge in [-0.05, 0) is 50.7 Å². The summed E-state index contributed by atoms with van der Waals surface area (Å²) in [5.74, 6) is 1.02. The van der Waals surface area contributed by atoms with Crippen LogP contribution in [0.1, 0.15) is 57.8 Å². The van der Waals surface area contributed by atoms with E-state index in [9.17, 15) is 9.59 Å². The van der Waals surface area contributed by atoms with E-state index in [-0.39, 0.29) is 29.4 Å². The molecule has 7 heteroatoms. The molecule has 2 saturated heterocycles. The van der Waals surface area contributed by atoms with Gasteiger partial charge < -0.3 is 15.0 Å². The fourth-order valence-corrected chi connectivity index (χ4v) is 5.72. The number of ether oxygens (including phenoxy) is 1. The zero-order valence-corrected chi connectivity index (χ0v) is 18.5. The molecule has 4 rings (SSSR count). The molecule has 1 N–H and O–H groups in total. The molecule has 1 aliphatic carbocycles. The molecule has 1 aromatic rings. The van der Waals surface area contributed by atoms with E-state index in [4.69, 9.17) is 4.74 Å². The Bertz CT molecular complexity index is 716. The van der Waals surface area contributed by atoms with E-state index in [0.29, 0.717) is 12.3 Å². The number of carbonyl (C=O) groups excluding carboxylic acids is 2. The van der Waals surface area contributed by atoms with E-state index in [1.807, 2.05) is 23.1 Å². The Balaban J connectivity index is 1.17. The summed E-state index contributed by atoms with van der Waals surface area (Å²) in [4.78, 5) is 31.2.